The summed E-state index contributed by atoms with van der Waals surface area (Å²) in [7, 11) is 3.17. The molecule has 4 nitrogen and oxygen atoms in total. The summed E-state index contributed by atoms with van der Waals surface area (Å²) >= 11 is 0. The van der Waals surface area contributed by atoms with E-state index < -0.39 is 0 Å². The number of ether oxygens (including phenoxy) is 2. The predicted octanol–water partition coefficient (Wildman–Crippen LogP) is 1.50. The summed E-state index contributed by atoms with van der Waals surface area (Å²) in [4.78, 5) is 13.7. The van der Waals surface area contributed by atoms with Gasteiger partial charge in [0.25, 0.3) is 0 Å². The molecule has 0 saturated heterocycles. The Kier molecular flexibility index (Phi) is 5.55. The molecule has 0 aliphatic rings. The molecule has 0 aromatic heterocycles. The first-order valence-corrected chi connectivity index (χ1v) is 4.20. The Bertz CT molecular complexity index is 181. The maximum atomic E-state index is 10.1. The van der Waals surface area contributed by atoms with Crippen molar-refractivity contribution in [2.24, 2.45) is 4.99 Å². The SMILES string of the molecule is COC(CCC(C)(C)N=C=O)OC. The molecule has 76 valence electrons. The standard InChI is InChI=1S/C9H17NO3/c1-9(2,10-7-11)6-5-8(12-3)13-4/h8H,5-6H2,1-4H3. The molecule has 0 rings (SSSR count). The van der Waals surface area contributed by atoms with Crippen LogP contribution in [0.4, 0.5) is 0 Å². The van der Waals surface area contributed by atoms with Crippen molar-refractivity contribution < 1.29 is 14.3 Å². The number of methoxy groups -OCH3 is 2. The van der Waals surface area contributed by atoms with Crippen molar-refractivity contribution in [3.63, 3.8) is 0 Å². The summed E-state index contributed by atoms with van der Waals surface area (Å²) in [6, 6.07) is 0. The number of hydrogen-bond donors (Lipinski definition) is 0. The second-order valence-electron chi connectivity index (χ2n) is 3.46. The monoisotopic (exact) mass is 187 g/mol. The molecule has 0 bridgehead atoms. The van der Waals surface area contributed by atoms with Crippen LogP contribution in [0.2, 0.25) is 0 Å². The number of rotatable bonds is 6. The molecule has 0 saturated carbocycles. The summed E-state index contributed by atoms with van der Waals surface area (Å²) < 4.78 is 10.0. The zero-order chi connectivity index (χ0) is 10.3. The minimum Gasteiger partial charge on any atom is -0.356 e. The van der Waals surface area contributed by atoms with Crippen LogP contribution in [0.25, 0.3) is 0 Å². The minimum atomic E-state index is -0.378. The van der Waals surface area contributed by atoms with Crippen molar-refractivity contribution in [2.75, 3.05) is 14.2 Å². The van der Waals surface area contributed by atoms with Gasteiger partial charge in [-0.3, -0.25) is 0 Å². The van der Waals surface area contributed by atoms with Crippen molar-refractivity contribution in [1.82, 2.24) is 0 Å². The van der Waals surface area contributed by atoms with Crippen molar-refractivity contribution in [1.29, 1.82) is 0 Å². The van der Waals surface area contributed by atoms with E-state index in [9.17, 15) is 4.79 Å². The molecule has 0 amide bonds. The summed E-state index contributed by atoms with van der Waals surface area (Å²) in [6.45, 7) is 3.75. The Morgan fingerprint density at radius 1 is 1.38 bits per heavy atom. The maximum Gasteiger partial charge on any atom is 0.235 e. The van der Waals surface area contributed by atoms with Crippen LogP contribution in [0, 0.1) is 0 Å². The lowest BCUT2D eigenvalue weighted by molar-refractivity contribution is -0.108. The zero-order valence-electron chi connectivity index (χ0n) is 8.66. The van der Waals surface area contributed by atoms with Crippen molar-refractivity contribution in [3.8, 4) is 0 Å². The molecule has 13 heavy (non-hydrogen) atoms. The normalized spacial score (nSPS) is 11.5. The van der Waals surface area contributed by atoms with Crippen molar-refractivity contribution >= 4 is 6.08 Å². The average molecular weight is 187 g/mol. The Hall–Kier alpha value is -0.700. The van der Waals surface area contributed by atoms with Crippen LogP contribution in [-0.4, -0.2) is 32.1 Å². The van der Waals surface area contributed by atoms with Crippen molar-refractivity contribution in [3.05, 3.63) is 0 Å². The van der Waals surface area contributed by atoms with E-state index in [1.165, 1.54) is 0 Å². The van der Waals surface area contributed by atoms with Gasteiger partial charge in [0, 0.05) is 20.6 Å². The van der Waals surface area contributed by atoms with Gasteiger partial charge in [0.05, 0.1) is 5.54 Å². The number of isocyanates is 1. The third-order valence-electron chi connectivity index (χ3n) is 1.87. The topological polar surface area (TPSA) is 47.9 Å². The van der Waals surface area contributed by atoms with Crippen LogP contribution < -0.4 is 0 Å². The number of nitrogens with zero attached hydrogens (tertiary/aromatic N) is 1. The van der Waals surface area contributed by atoms with Crippen LogP contribution in [0.5, 0.6) is 0 Å². The Morgan fingerprint density at radius 3 is 2.31 bits per heavy atom. The molecule has 0 aliphatic carbocycles. The highest BCUT2D eigenvalue weighted by Crippen LogP contribution is 2.18. The van der Waals surface area contributed by atoms with Gasteiger partial charge in [-0.15, -0.1) is 0 Å². The largest absolute Gasteiger partial charge is 0.356 e. The lowest BCUT2D eigenvalue weighted by atomic mass is 9.99. The predicted molar refractivity (Wildman–Crippen MR) is 49.2 cm³/mol. The van der Waals surface area contributed by atoms with Gasteiger partial charge >= 0.3 is 0 Å². The molecule has 4 heteroatoms. The van der Waals surface area contributed by atoms with Crippen LogP contribution in [0.3, 0.4) is 0 Å². The highest BCUT2D eigenvalue weighted by molar-refractivity contribution is 5.34. The Morgan fingerprint density at radius 2 is 1.92 bits per heavy atom. The molecule has 0 atom stereocenters. The Labute approximate surface area is 78.9 Å². The molecule has 0 aromatic rings. The summed E-state index contributed by atoms with van der Waals surface area (Å²) in [5.74, 6) is 0. The second kappa shape index (κ2) is 5.86. The highest BCUT2D eigenvalue weighted by Gasteiger charge is 2.18. The number of aliphatic imine (C=N–C) groups is 1. The first-order chi connectivity index (χ1) is 6.05. The second-order valence-corrected chi connectivity index (χ2v) is 3.46. The molecule has 0 N–H and O–H groups in total. The van der Waals surface area contributed by atoms with E-state index in [-0.39, 0.29) is 11.8 Å². The smallest absolute Gasteiger partial charge is 0.235 e. The molecular weight excluding hydrogens is 170 g/mol. The van der Waals surface area contributed by atoms with E-state index in [0.29, 0.717) is 6.42 Å². The first kappa shape index (κ1) is 12.3. The zero-order valence-corrected chi connectivity index (χ0v) is 8.66. The van der Waals surface area contributed by atoms with Gasteiger partial charge in [-0.1, -0.05) is 0 Å². The van der Waals surface area contributed by atoms with Gasteiger partial charge in [-0.2, -0.15) is 4.99 Å². The summed E-state index contributed by atoms with van der Waals surface area (Å²) in [5.41, 5.74) is -0.378. The summed E-state index contributed by atoms with van der Waals surface area (Å²) in [6.07, 6.45) is 2.78. The third-order valence-corrected chi connectivity index (χ3v) is 1.87. The summed E-state index contributed by atoms with van der Waals surface area (Å²) in [5, 5.41) is 0. The van der Waals surface area contributed by atoms with E-state index in [2.05, 4.69) is 4.99 Å². The molecule has 0 radical (unpaired) electrons. The Balaban J connectivity index is 3.92. The quantitative estimate of drug-likeness (QED) is 0.359. The molecule has 0 spiro atoms. The lowest BCUT2D eigenvalue weighted by Gasteiger charge is -2.20. The fourth-order valence-corrected chi connectivity index (χ4v) is 0.982. The van der Waals surface area contributed by atoms with Crippen LogP contribution in [0.1, 0.15) is 26.7 Å². The van der Waals surface area contributed by atoms with Gasteiger partial charge in [-0.05, 0) is 20.3 Å². The number of hydrogen-bond acceptors (Lipinski definition) is 4. The van der Waals surface area contributed by atoms with Crippen molar-refractivity contribution in [2.45, 2.75) is 38.5 Å². The van der Waals surface area contributed by atoms with E-state index >= 15 is 0 Å². The van der Waals surface area contributed by atoms with Gasteiger partial charge in [0.2, 0.25) is 6.08 Å². The molecule has 0 aliphatic heterocycles. The van der Waals surface area contributed by atoms with E-state index in [1.54, 1.807) is 20.3 Å². The van der Waals surface area contributed by atoms with E-state index in [4.69, 9.17) is 9.47 Å². The van der Waals surface area contributed by atoms with Gasteiger partial charge in [0.15, 0.2) is 6.29 Å². The average Bonchev–Trinajstić information content (AvgIpc) is 2.06. The molecular formula is C9H17NO3. The van der Waals surface area contributed by atoms with Gasteiger partial charge < -0.3 is 9.47 Å². The molecule has 0 heterocycles. The van der Waals surface area contributed by atoms with Gasteiger partial charge in [-0.25, -0.2) is 4.79 Å². The molecule has 0 aromatic carbocycles. The maximum absolute atomic E-state index is 10.1. The van der Waals surface area contributed by atoms with Crippen LogP contribution >= 0.6 is 0 Å². The third kappa shape index (κ3) is 5.53. The van der Waals surface area contributed by atoms with Crippen LogP contribution in [-0.2, 0) is 14.3 Å². The lowest BCUT2D eigenvalue weighted by Crippen LogP contribution is -2.21. The minimum absolute atomic E-state index is 0.221. The van der Waals surface area contributed by atoms with Crippen LogP contribution in [0.15, 0.2) is 4.99 Å². The first-order valence-electron chi connectivity index (χ1n) is 4.20. The fraction of sp³-hybridized carbons (Fsp3) is 0.889. The highest BCUT2D eigenvalue weighted by atomic mass is 16.7. The van der Waals surface area contributed by atoms with Gasteiger partial charge in [0.1, 0.15) is 0 Å². The van der Waals surface area contributed by atoms with E-state index in [1.807, 2.05) is 13.8 Å². The molecule has 0 fully saturated rings. The molecule has 0 unspecified atom stereocenters. The van der Waals surface area contributed by atoms with E-state index in [0.717, 1.165) is 6.42 Å². The number of carbonyl (C=O) groups excluding carboxylic acids is 1. The fourth-order valence-electron chi connectivity index (χ4n) is 0.982.